The van der Waals surface area contributed by atoms with Crippen LogP contribution in [0.2, 0.25) is 0 Å². The number of carbonyl (C=O) groups is 3. The van der Waals surface area contributed by atoms with Gasteiger partial charge in [-0.15, -0.1) is 0 Å². The summed E-state index contributed by atoms with van der Waals surface area (Å²) in [5.41, 5.74) is 3.76. The number of hydrogen-bond acceptors (Lipinski definition) is 6. The lowest BCUT2D eigenvalue weighted by atomic mass is 9.96. The maximum Gasteiger partial charge on any atom is 0.338 e. The number of nitrogens with one attached hydrogen (secondary N) is 1. The van der Waals surface area contributed by atoms with Crippen molar-refractivity contribution in [2.45, 2.75) is 31.0 Å². The highest BCUT2D eigenvalue weighted by Gasteiger charge is 2.32. The summed E-state index contributed by atoms with van der Waals surface area (Å²) < 4.78 is 1.36. The second-order valence-electron chi connectivity index (χ2n) is 10.6. The van der Waals surface area contributed by atoms with Crippen LogP contribution in [0.3, 0.4) is 0 Å². The van der Waals surface area contributed by atoms with Crippen molar-refractivity contribution >= 4 is 35.5 Å². The van der Waals surface area contributed by atoms with E-state index in [-0.39, 0.29) is 22.5 Å². The van der Waals surface area contributed by atoms with Gasteiger partial charge in [-0.1, -0.05) is 78.9 Å². The molecule has 44 heavy (non-hydrogen) atoms. The molecule has 3 amide bonds. The summed E-state index contributed by atoms with van der Waals surface area (Å²) in [6.07, 6.45) is 1.48. The molecule has 0 radical (unpaired) electrons. The lowest BCUT2D eigenvalue weighted by molar-refractivity contribution is -0.134. The molecule has 9 nitrogen and oxygen atoms in total. The highest BCUT2D eigenvalue weighted by molar-refractivity contribution is 8.01. The number of carboxylic acids is 1. The largest absolute Gasteiger partial charge is 0.478 e. The van der Waals surface area contributed by atoms with Crippen molar-refractivity contribution in [1.82, 2.24) is 20.1 Å². The van der Waals surface area contributed by atoms with E-state index in [1.165, 1.54) is 33.8 Å². The molecule has 0 aliphatic carbocycles. The molecule has 1 atom stereocenters. The van der Waals surface area contributed by atoms with Gasteiger partial charge in [-0.25, -0.2) is 18.9 Å². The third-order valence-electron chi connectivity index (χ3n) is 7.63. The highest BCUT2D eigenvalue weighted by Crippen LogP contribution is 2.33. The Labute approximate surface area is 261 Å². The standard InChI is InChI=1S/C34H35N5O4S/c1-24-12-9-10-18-29(24)39(44-31-28(33(41)42)17-11-19-35-31)34(43)36-25(2)32(40)38-22-20-37(21-23-38)30(26-13-5-3-6-14-26)27-15-7-4-8-16-27/h3-19,25,30H,20-23H2,1-2H3,(H,36,43)(H,41,42)/t25-/m1/s1. The quantitative estimate of drug-likeness (QED) is 0.237. The van der Waals surface area contributed by atoms with Gasteiger partial charge in [0.2, 0.25) is 5.91 Å². The molecule has 2 heterocycles. The van der Waals surface area contributed by atoms with Crippen LogP contribution < -0.4 is 9.62 Å². The van der Waals surface area contributed by atoms with Crippen LogP contribution in [-0.2, 0) is 4.79 Å². The molecule has 1 saturated heterocycles. The molecule has 1 fully saturated rings. The highest BCUT2D eigenvalue weighted by atomic mass is 32.2. The average Bonchev–Trinajstić information content (AvgIpc) is 3.05. The van der Waals surface area contributed by atoms with E-state index < -0.39 is 18.0 Å². The van der Waals surface area contributed by atoms with E-state index >= 15 is 0 Å². The summed E-state index contributed by atoms with van der Waals surface area (Å²) in [7, 11) is 0. The number of amides is 3. The maximum absolute atomic E-state index is 13.7. The molecule has 226 valence electrons. The molecule has 5 rings (SSSR count). The fourth-order valence-corrected chi connectivity index (χ4v) is 6.34. The van der Waals surface area contributed by atoms with Gasteiger partial charge in [0.05, 0.1) is 17.3 Å². The molecule has 1 aromatic heterocycles. The molecule has 0 saturated carbocycles. The molecule has 0 bridgehead atoms. The van der Waals surface area contributed by atoms with Gasteiger partial charge in [-0.3, -0.25) is 9.69 Å². The van der Waals surface area contributed by atoms with Crippen molar-refractivity contribution in [2.24, 2.45) is 0 Å². The predicted octanol–water partition coefficient (Wildman–Crippen LogP) is 5.63. The lowest BCUT2D eigenvalue weighted by Crippen LogP contribution is -2.55. The van der Waals surface area contributed by atoms with Crippen molar-refractivity contribution in [2.75, 3.05) is 30.5 Å². The third kappa shape index (κ3) is 7.10. The Morgan fingerprint density at radius 2 is 1.43 bits per heavy atom. The Hall–Kier alpha value is -4.67. The van der Waals surface area contributed by atoms with Crippen molar-refractivity contribution in [1.29, 1.82) is 0 Å². The van der Waals surface area contributed by atoms with Gasteiger partial charge in [0.1, 0.15) is 11.1 Å². The number of pyridine rings is 1. The number of carboxylic acid groups (broad SMARTS) is 1. The monoisotopic (exact) mass is 609 g/mol. The normalized spacial score (nSPS) is 14.2. The number of benzene rings is 3. The van der Waals surface area contributed by atoms with Crippen LogP contribution in [0.4, 0.5) is 10.5 Å². The molecule has 1 aliphatic rings. The zero-order valence-electron chi connectivity index (χ0n) is 24.7. The zero-order valence-corrected chi connectivity index (χ0v) is 25.5. The smallest absolute Gasteiger partial charge is 0.338 e. The number of aryl methyl sites for hydroxylation is 1. The van der Waals surface area contributed by atoms with Crippen molar-refractivity contribution < 1.29 is 19.5 Å². The first-order valence-corrected chi connectivity index (χ1v) is 15.3. The van der Waals surface area contributed by atoms with Gasteiger partial charge in [-0.05, 0) is 48.7 Å². The number of hydrogen-bond donors (Lipinski definition) is 2. The molecule has 2 N–H and O–H groups in total. The predicted molar refractivity (Wildman–Crippen MR) is 172 cm³/mol. The van der Waals surface area contributed by atoms with E-state index in [2.05, 4.69) is 39.5 Å². The summed E-state index contributed by atoms with van der Waals surface area (Å²) >= 11 is 0.905. The van der Waals surface area contributed by atoms with Crippen LogP contribution in [0.1, 0.15) is 40.0 Å². The number of anilines is 1. The fourth-order valence-electron chi connectivity index (χ4n) is 5.37. The van der Waals surface area contributed by atoms with Gasteiger partial charge in [0.15, 0.2) is 0 Å². The summed E-state index contributed by atoms with van der Waals surface area (Å²) in [5.74, 6) is -1.32. The third-order valence-corrected chi connectivity index (χ3v) is 8.67. The number of aromatic carboxylic acids is 1. The van der Waals surface area contributed by atoms with E-state index in [9.17, 15) is 19.5 Å². The van der Waals surface area contributed by atoms with Crippen LogP contribution >= 0.6 is 11.9 Å². The number of aromatic nitrogens is 1. The lowest BCUT2D eigenvalue weighted by Gasteiger charge is -2.40. The number of piperazine rings is 1. The Bertz CT molecular complexity index is 1560. The van der Waals surface area contributed by atoms with Crippen molar-refractivity contribution in [3.05, 3.63) is 126 Å². The van der Waals surface area contributed by atoms with Crippen molar-refractivity contribution in [3.8, 4) is 0 Å². The Morgan fingerprint density at radius 3 is 2.02 bits per heavy atom. The average molecular weight is 610 g/mol. The first-order chi connectivity index (χ1) is 21.3. The second-order valence-corrected chi connectivity index (χ2v) is 11.5. The van der Waals surface area contributed by atoms with Crippen LogP contribution in [0.25, 0.3) is 0 Å². The molecular formula is C34H35N5O4S. The summed E-state index contributed by atoms with van der Waals surface area (Å²) in [6.45, 7) is 5.96. The SMILES string of the molecule is Cc1ccccc1N(Sc1ncccc1C(=O)O)C(=O)N[C@H](C)C(=O)N1CCN(C(c2ccccc2)c2ccccc2)CC1. The molecule has 3 aromatic carbocycles. The van der Waals surface area contributed by atoms with Crippen LogP contribution in [0, 0.1) is 6.92 Å². The van der Waals surface area contributed by atoms with E-state index in [1.54, 1.807) is 24.0 Å². The summed E-state index contributed by atoms with van der Waals surface area (Å²) in [4.78, 5) is 47.4. The molecular weight excluding hydrogens is 574 g/mol. The second kappa shape index (κ2) is 14.2. The van der Waals surface area contributed by atoms with Gasteiger partial charge >= 0.3 is 12.0 Å². The minimum absolute atomic E-state index is 0.0183. The van der Waals surface area contributed by atoms with E-state index in [4.69, 9.17) is 0 Å². The van der Waals surface area contributed by atoms with Crippen LogP contribution in [0.15, 0.2) is 108 Å². The van der Waals surface area contributed by atoms with E-state index in [1.807, 2.05) is 55.5 Å². The van der Waals surface area contributed by atoms with Crippen molar-refractivity contribution in [3.63, 3.8) is 0 Å². The minimum Gasteiger partial charge on any atom is -0.478 e. The number of para-hydroxylation sites is 1. The molecule has 0 spiro atoms. The van der Waals surface area contributed by atoms with Gasteiger partial charge in [-0.2, -0.15) is 0 Å². The number of rotatable bonds is 9. The Balaban J connectivity index is 1.28. The Kier molecular flexibility index (Phi) is 9.93. The summed E-state index contributed by atoms with van der Waals surface area (Å²) in [5, 5.41) is 12.7. The first-order valence-electron chi connectivity index (χ1n) is 14.5. The summed E-state index contributed by atoms with van der Waals surface area (Å²) in [6, 6.07) is 29.7. The van der Waals surface area contributed by atoms with Crippen LogP contribution in [0.5, 0.6) is 0 Å². The first kappa shape index (κ1) is 30.8. The topological polar surface area (TPSA) is 106 Å². The molecule has 10 heteroatoms. The Morgan fingerprint density at radius 1 is 0.841 bits per heavy atom. The van der Waals surface area contributed by atoms with Gasteiger partial charge in [0, 0.05) is 44.3 Å². The fraction of sp³-hybridized carbons (Fsp3) is 0.235. The minimum atomic E-state index is -1.14. The number of urea groups is 1. The van der Waals surface area contributed by atoms with E-state index in [0.717, 1.165) is 17.5 Å². The maximum atomic E-state index is 13.7. The molecule has 0 unspecified atom stereocenters. The molecule has 4 aromatic rings. The zero-order chi connectivity index (χ0) is 31.1. The number of carbonyl (C=O) groups excluding carboxylic acids is 2. The van der Waals surface area contributed by atoms with Crippen LogP contribution in [-0.4, -0.2) is 70.0 Å². The van der Waals surface area contributed by atoms with Gasteiger partial charge < -0.3 is 15.3 Å². The van der Waals surface area contributed by atoms with Gasteiger partial charge in [0.25, 0.3) is 0 Å². The number of nitrogens with zero attached hydrogens (tertiary/aromatic N) is 4. The van der Waals surface area contributed by atoms with E-state index in [0.29, 0.717) is 31.9 Å². The molecule has 1 aliphatic heterocycles.